The van der Waals surface area contributed by atoms with Crippen LogP contribution in [0.5, 0.6) is 0 Å². The number of carbonyl (C=O) groups excluding carboxylic acids is 2. The lowest BCUT2D eigenvalue weighted by Gasteiger charge is -2.07. The molecule has 0 saturated carbocycles. The SMILES string of the molecule is O=C(CCC(=O)Nc1cc(Cl)ccc1Cl)N/N=C/c1ccc(Br)cc1. The number of nitrogens with one attached hydrogen (secondary N) is 2. The maximum atomic E-state index is 11.9. The summed E-state index contributed by atoms with van der Waals surface area (Å²) in [7, 11) is 0. The maximum absolute atomic E-state index is 11.9. The third-order valence-electron chi connectivity index (χ3n) is 3.05. The Bertz CT molecular complexity index is 795. The smallest absolute Gasteiger partial charge is 0.240 e. The van der Waals surface area contributed by atoms with E-state index in [1.54, 1.807) is 18.2 Å². The molecule has 25 heavy (non-hydrogen) atoms. The molecule has 130 valence electrons. The third-order valence-corrected chi connectivity index (χ3v) is 4.15. The van der Waals surface area contributed by atoms with E-state index < -0.39 is 0 Å². The van der Waals surface area contributed by atoms with Crippen molar-refractivity contribution in [2.24, 2.45) is 5.10 Å². The highest BCUT2D eigenvalue weighted by atomic mass is 79.9. The zero-order chi connectivity index (χ0) is 18.2. The van der Waals surface area contributed by atoms with Gasteiger partial charge in [-0.15, -0.1) is 0 Å². The van der Waals surface area contributed by atoms with Gasteiger partial charge >= 0.3 is 0 Å². The molecular formula is C17H14BrCl2N3O2. The zero-order valence-corrected chi connectivity index (χ0v) is 16.0. The molecule has 2 aromatic rings. The standard InChI is InChI=1S/C17H14BrCl2N3O2/c18-12-3-1-11(2-4-12)10-21-23-17(25)8-7-16(24)22-15-9-13(19)5-6-14(15)20/h1-6,9-10H,7-8H2,(H,22,24)(H,23,25)/b21-10+. The molecule has 0 aromatic heterocycles. The summed E-state index contributed by atoms with van der Waals surface area (Å²) in [5.41, 5.74) is 3.63. The fraction of sp³-hybridized carbons (Fsp3) is 0.118. The molecule has 0 heterocycles. The summed E-state index contributed by atoms with van der Waals surface area (Å²) < 4.78 is 0.958. The number of benzene rings is 2. The van der Waals surface area contributed by atoms with Gasteiger partial charge in [0.15, 0.2) is 0 Å². The van der Waals surface area contributed by atoms with Crippen molar-refractivity contribution >= 4 is 62.8 Å². The number of anilines is 1. The molecule has 2 amide bonds. The van der Waals surface area contributed by atoms with E-state index in [0.717, 1.165) is 10.0 Å². The Hall–Kier alpha value is -1.89. The molecule has 0 atom stereocenters. The summed E-state index contributed by atoms with van der Waals surface area (Å²) in [6.45, 7) is 0. The van der Waals surface area contributed by atoms with E-state index in [-0.39, 0.29) is 24.7 Å². The van der Waals surface area contributed by atoms with Gasteiger partial charge in [-0.1, -0.05) is 51.3 Å². The molecule has 2 N–H and O–H groups in total. The van der Waals surface area contributed by atoms with Crippen molar-refractivity contribution in [2.45, 2.75) is 12.8 Å². The molecular weight excluding hydrogens is 429 g/mol. The number of hydrogen-bond acceptors (Lipinski definition) is 3. The van der Waals surface area contributed by atoms with Crippen molar-refractivity contribution in [3.8, 4) is 0 Å². The fourth-order valence-electron chi connectivity index (χ4n) is 1.82. The molecule has 0 radical (unpaired) electrons. The molecule has 0 saturated heterocycles. The zero-order valence-electron chi connectivity index (χ0n) is 12.9. The summed E-state index contributed by atoms with van der Waals surface area (Å²) in [4.78, 5) is 23.6. The van der Waals surface area contributed by atoms with Gasteiger partial charge in [-0.05, 0) is 35.9 Å². The summed E-state index contributed by atoms with van der Waals surface area (Å²) in [6, 6.07) is 12.2. The van der Waals surface area contributed by atoms with Gasteiger partial charge in [-0.25, -0.2) is 5.43 Å². The highest BCUT2D eigenvalue weighted by Crippen LogP contribution is 2.25. The average molecular weight is 443 g/mol. The van der Waals surface area contributed by atoms with Crippen LogP contribution in [0.25, 0.3) is 0 Å². The average Bonchev–Trinajstić information content (AvgIpc) is 2.58. The molecule has 2 aromatic carbocycles. The summed E-state index contributed by atoms with van der Waals surface area (Å²) in [5, 5.41) is 7.30. The first-order valence-electron chi connectivity index (χ1n) is 7.26. The second-order valence-corrected chi connectivity index (χ2v) is 6.78. The first-order valence-corrected chi connectivity index (χ1v) is 8.81. The number of hydrazone groups is 1. The predicted octanol–water partition coefficient (Wildman–Crippen LogP) is 4.62. The van der Waals surface area contributed by atoms with E-state index in [9.17, 15) is 9.59 Å². The van der Waals surface area contributed by atoms with Crippen LogP contribution in [-0.4, -0.2) is 18.0 Å². The van der Waals surface area contributed by atoms with Crippen molar-refractivity contribution in [1.82, 2.24) is 5.43 Å². The van der Waals surface area contributed by atoms with E-state index in [1.165, 1.54) is 6.21 Å². The van der Waals surface area contributed by atoms with Gasteiger partial charge in [-0.2, -0.15) is 5.10 Å². The van der Waals surface area contributed by atoms with E-state index in [2.05, 4.69) is 31.8 Å². The number of halogens is 3. The second kappa shape index (κ2) is 9.56. The summed E-state index contributed by atoms with van der Waals surface area (Å²) >= 11 is 15.2. The van der Waals surface area contributed by atoms with Gasteiger partial charge in [0.25, 0.3) is 0 Å². The van der Waals surface area contributed by atoms with Gasteiger partial charge in [-0.3, -0.25) is 9.59 Å². The minimum Gasteiger partial charge on any atom is -0.325 e. The van der Waals surface area contributed by atoms with E-state index >= 15 is 0 Å². The number of amides is 2. The first kappa shape index (κ1) is 19.4. The molecule has 0 aliphatic rings. The van der Waals surface area contributed by atoms with Crippen LogP contribution in [0.1, 0.15) is 18.4 Å². The van der Waals surface area contributed by atoms with Crippen molar-refractivity contribution < 1.29 is 9.59 Å². The Morgan fingerprint density at radius 2 is 1.72 bits per heavy atom. The van der Waals surface area contributed by atoms with Crippen molar-refractivity contribution in [3.05, 3.63) is 62.5 Å². The van der Waals surface area contributed by atoms with Crippen LogP contribution in [0.2, 0.25) is 10.0 Å². The molecule has 0 aliphatic heterocycles. The molecule has 0 spiro atoms. The lowest BCUT2D eigenvalue weighted by molar-refractivity contribution is -0.124. The van der Waals surface area contributed by atoms with Crippen LogP contribution in [-0.2, 0) is 9.59 Å². The van der Waals surface area contributed by atoms with E-state index in [4.69, 9.17) is 23.2 Å². The number of hydrogen-bond donors (Lipinski definition) is 2. The monoisotopic (exact) mass is 441 g/mol. The van der Waals surface area contributed by atoms with Crippen LogP contribution < -0.4 is 10.7 Å². The van der Waals surface area contributed by atoms with Crippen molar-refractivity contribution in [3.63, 3.8) is 0 Å². The summed E-state index contributed by atoms with van der Waals surface area (Å²) in [5.74, 6) is -0.697. The number of rotatable bonds is 6. The lowest BCUT2D eigenvalue weighted by Crippen LogP contribution is -2.20. The Morgan fingerprint density at radius 1 is 1.04 bits per heavy atom. The van der Waals surface area contributed by atoms with Crippen LogP contribution in [0, 0.1) is 0 Å². The number of nitrogens with zero attached hydrogens (tertiary/aromatic N) is 1. The van der Waals surface area contributed by atoms with Crippen LogP contribution in [0.3, 0.4) is 0 Å². The highest BCUT2D eigenvalue weighted by Gasteiger charge is 2.09. The van der Waals surface area contributed by atoms with E-state index in [1.807, 2.05) is 24.3 Å². The Balaban J connectivity index is 1.76. The van der Waals surface area contributed by atoms with E-state index in [0.29, 0.717) is 15.7 Å². The Labute approximate surface area is 163 Å². The van der Waals surface area contributed by atoms with Crippen molar-refractivity contribution in [2.75, 3.05) is 5.32 Å². The van der Waals surface area contributed by atoms with Gasteiger partial charge in [0.2, 0.25) is 11.8 Å². The molecule has 5 nitrogen and oxygen atoms in total. The molecule has 0 fully saturated rings. The van der Waals surface area contributed by atoms with Crippen LogP contribution in [0.15, 0.2) is 52.0 Å². The predicted molar refractivity (Wildman–Crippen MR) is 104 cm³/mol. The van der Waals surface area contributed by atoms with Gasteiger partial charge < -0.3 is 5.32 Å². The molecule has 8 heteroatoms. The molecule has 0 aliphatic carbocycles. The van der Waals surface area contributed by atoms with Gasteiger partial charge in [0, 0.05) is 22.3 Å². The third kappa shape index (κ3) is 6.86. The minimum absolute atomic E-state index is 0.00168. The Kier molecular flexibility index (Phi) is 7.43. The molecule has 2 rings (SSSR count). The topological polar surface area (TPSA) is 70.6 Å². The van der Waals surface area contributed by atoms with Crippen LogP contribution >= 0.6 is 39.1 Å². The van der Waals surface area contributed by atoms with Crippen LogP contribution in [0.4, 0.5) is 5.69 Å². The van der Waals surface area contributed by atoms with Gasteiger partial charge in [0.05, 0.1) is 16.9 Å². The minimum atomic E-state index is -0.360. The quantitative estimate of drug-likeness (QED) is 0.505. The van der Waals surface area contributed by atoms with Crippen molar-refractivity contribution in [1.29, 1.82) is 0 Å². The lowest BCUT2D eigenvalue weighted by atomic mass is 10.2. The summed E-state index contributed by atoms with van der Waals surface area (Å²) in [6.07, 6.45) is 1.53. The first-order chi connectivity index (χ1) is 11.9. The Morgan fingerprint density at radius 3 is 2.44 bits per heavy atom. The van der Waals surface area contributed by atoms with Gasteiger partial charge in [0.1, 0.15) is 0 Å². The fourth-order valence-corrected chi connectivity index (χ4v) is 2.42. The molecule has 0 unspecified atom stereocenters. The largest absolute Gasteiger partial charge is 0.325 e. The molecule has 0 bridgehead atoms. The maximum Gasteiger partial charge on any atom is 0.240 e. The number of carbonyl (C=O) groups is 2. The normalized spacial score (nSPS) is 10.7. The highest BCUT2D eigenvalue weighted by molar-refractivity contribution is 9.10. The second-order valence-electron chi connectivity index (χ2n) is 5.02.